The molecule has 2 aliphatic heterocycles. The van der Waals surface area contributed by atoms with Crippen molar-refractivity contribution in [2.24, 2.45) is 0 Å². The lowest BCUT2D eigenvalue weighted by molar-refractivity contribution is -0.135. The van der Waals surface area contributed by atoms with Crippen molar-refractivity contribution in [3.05, 3.63) is 46.4 Å². The molecule has 2 unspecified atom stereocenters. The monoisotopic (exact) mass is 407 g/mol. The third-order valence-electron chi connectivity index (χ3n) is 5.56. The summed E-state index contributed by atoms with van der Waals surface area (Å²) in [5.74, 6) is 0.300. The van der Waals surface area contributed by atoms with E-state index in [2.05, 4.69) is 16.0 Å². The molecule has 2 aliphatic rings. The van der Waals surface area contributed by atoms with E-state index in [1.165, 1.54) is 0 Å². The predicted octanol–water partition coefficient (Wildman–Crippen LogP) is 2.43. The number of nitrogens with zero attached hydrogens (tertiary/aromatic N) is 2. The van der Waals surface area contributed by atoms with Crippen molar-refractivity contribution in [3.63, 3.8) is 0 Å². The highest BCUT2D eigenvalue weighted by atomic mass is 32.2. The maximum atomic E-state index is 13.2. The molecular formula is C19H25N3O3S2. The fourth-order valence-electron chi connectivity index (χ4n) is 4.20. The van der Waals surface area contributed by atoms with Crippen LogP contribution in [0.25, 0.3) is 0 Å². The van der Waals surface area contributed by atoms with Gasteiger partial charge in [0.15, 0.2) is 9.84 Å². The van der Waals surface area contributed by atoms with Gasteiger partial charge >= 0.3 is 0 Å². The zero-order chi connectivity index (χ0) is 18.9. The number of sulfone groups is 1. The normalized spacial score (nSPS) is 25.0. The minimum atomic E-state index is -3.04. The molecule has 0 bridgehead atoms. The highest BCUT2D eigenvalue weighted by Crippen LogP contribution is 2.31. The van der Waals surface area contributed by atoms with Crippen LogP contribution in [0.15, 0.2) is 35.8 Å². The van der Waals surface area contributed by atoms with E-state index in [1.807, 2.05) is 29.8 Å². The SMILES string of the molecule is O=C(CN1CCCC1c1ccc[nH]1)N(Cc1cccs1)C1CCS(=O)(=O)C1. The molecule has 8 heteroatoms. The summed E-state index contributed by atoms with van der Waals surface area (Å²) < 4.78 is 23.9. The van der Waals surface area contributed by atoms with Crippen LogP contribution < -0.4 is 0 Å². The van der Waals surface area contributed by atoms with Crippen LogP contribution in [0.4, 0.5) is 0 Å². The summed E-state index contributed by atoms with van der Waals surface area (Å²) >= 11 is 1.61. The number of likely N-dealkylation sites (tertiary alicyclic amines) is 1. The maximum Gasteiger partial charge on any atom is 0.237 e. The van der Waals surface area contributed by atoms with Crippen molar-refractivity contribution in [2.45, 2.75) is 37.9 Å². The minimum absolute atomic E-state index is 0.0314. The Morgan fingerprint density at radius 2 is 2.19 bits per heavy atom. The van der Waals surface area contributed by atoms with E-state index in [9.17, 15) is 13.2 Å². The molecule has 2 saturated heterocycles. The molecule has 2 atom stereocenters. The summed E-state index contributed by atoms with van der Waals surface area (Å²) in [4.78, 5) is 21.6. The summed E-state index contributed by atoms with van der Waals surface area (Å²) in [6, 6.07) is 8.05. The second-order valence-corrected chi connectivity index (χ2v) is 10.7. The number of rotatable bonds is 6. The third-order valence-corrected chi connectivity index (χ3v) is 8.17. The largest absolute Gasteiger partial charge is 0.364 e. The van der Waals surface area contributed by atoms with Gasteiger partial charge in [0.05, 0.1) is 30.6 Å². The second-order valence-electron chi connectivity index (χ2n) is 7.41. The molecule has 0 spiro atoms. The van der Waals surface area contributed by atoms with Crippen LogP contribution in [0.5, 0.6) is 0 Å². The van der Waals surface area contributed by atoms with Crippen LogP contribution in [0.3, 0.4) is 0 Å². The van der Waals surface area contributed by atoms with Crippen LogP contribution in [0, 0.1) is 0 Å². The first-order valence-electron chi connectivity index (χ1n) is 9.41. The maximum absolute atomic E-state index is 13.2. The molecule has 0 aliphatic carbocycles. The molecule has 146 valence electrons. The van der Waals surface area contributed by atoms with E-state index in [4.69, 9.17) is 0 Å². The number of aromatic amines is 1. The quantitative estimate of drug-likeness (QED) is 0.798. The van der Waals surface area contributed by atoms with Gasteiger partial charge in [-0.25, -0.2) is 8.42 Å². The standard InChI is InChI=1S/C19H25N3O3S2/c23-19(13-21-9-2-6-18(21)17-5-1-8-20-17)22(12-16-4-3-10-26-16)15-7-11-27(24,25)14-15/h1,3-5,8,10,15,18,20H,2,6-7,9,11-14H2. The second kappa shape index (κ2) is 7.77. The smallest absolute Gasteiger partial charge is 0.237 e. The molecular weight excluding hydrogens is 382 g/mol. The van der Waals surface area contributed by atoms with Crippen LogP contribution in [-0.4, -0.2) is 59.7 Å². The lowest BCUT2D eigenvalue weighted by Crippen LogP contribution is -2.45. The van der Waals surface area contributed by atoms with Gasteiger partial charge in [0.1, 0.15) is 0 Å². The zero-order valence-electron chi connectivity index (χ0n) is 15.2. The number of hydrogen-bond donors (Lipinski definition) is 1. The first-order valence-corrected chi connectivity index (χ1v) is 12.1. The average Bonchev–Trinajstić information content (AvgIpc) is 3.40. The summed E-state index contributed by atoms with van der Waals surface area (Å²) in [5, 5.41) is 1.99. The fraction of sp³-hybridized carbons (Fsp3) is 0.526. The summed E-state index contributed by atoms with van der Waals surface area (Å²) in [7, 11) is -3.04. The van der Waals surface area contributed by atoms with Crippen LogP contribution in [-0.2, 0) is 21.2 Å². The van der Waals surface area contributed by atoms with Crippen LogP contribution in [0.2, 0.25) is 0 Å². The Morgan fingerprint density at radius 1 is 1.30 bits per heavy atom. The van der Waals surface area contributed by atoms with Crippen LogP contribution >= 0.6 is 11.3 Å². The number of carbonyl (C=O) groups is 1. The van der Waals surface area contributed by atoms with Crippen molar-refractivity contribution in [2.75, 3.05) is 24.6 Å². The van der Waals surface area contributed by atoms with Gasteiger partial charge in [-0.3, -0.25) is 9.69 Å². The Kier molecular flexibility index (Phi) is 5.39. The molecule has 4 heterocycles. The van der Waals surface area contributed by atoms with Crippen molar-refractivity contribution >= 4 is 27.1 Å². The molecule has 4 rings (SSSR count). The summed E-state index contributed by atoms with van der Waals surface area (Å²) in [5.41, 5.74) is 1.15. The first kappa shape index (κ1) is 18.7. The molecule has 0 radical (unpaired) electrons. The molecule has 2 aromatic rings. The highest BCUT2D eigenvalue weighted by molar-refractivity contribution is 7.91. The molecule has 0 saturated carbocycles. The van der Waals surface area contributed by atoms with E-state index in [0.717, 1.165) is 30.0 Å². The van der Waals surface area contributed by atoms with Gasteiger partial charge in [-0.15, -0.1) is 11.3 Å². The Balaban J connectivity index is 1.50. The van der Waals surface area contributed by atoms with E-state index in [-0.39, 0.29) is 29.5 Å². The van der Waals surface area contributed by atoms with E-state index >= 15 is 0 Å². The van der Waals surface area contributed by atoms with Crippen LogP contribution in [0.1, 0.15) is 35.9 Å². The third kappa shape index (κ3) is 4.28. The molecule has 6 nitrogen and oxygen atoms in total. The van der Waals surface area contributed by atoms with Gasteiger partial charge in [-0.1, -0.05) is 6.07 Å². The van der Waals surface area contributed by atoms with Gasteiger partial charge in [0.25, 0.3) is 0 Å². The Labute approximate surface area is 164 Å². The molecule has 27 heavy (non-hydrogen) atoms. The summed E-state index contributed by atoms with van der Waals surface area (Å²) in [6.45, 7) is 1.73. The summed E-state index contributed by atoms with van der Waals surface area (Å²) in [6.07, 6.45) is 4.57. The number of aromatic nitrogens is 1. The number of amides is 1. The van der Waals surface area contributed by atoms with Gasteiger partial charge in [0, 0.05) is 22.8 Å². The lowest BCUT2D eigenvalue weighted by atomic mass is 10.1. The fourth-order valence-corrected chi connectivity index (χ4v) is 6.63. The number of carbonyl (C=O) groups excluding carboxylic acids is 1. The number of H-pyrrole nitrogens is 1. The Hall–Kier alpha value is -1.64. The number of nitrogens with one attached hydrogen (secondary N) is 1. The number of hydrogen-bond acceptors (Lipinski definition) is 5. The zero-order valence-corrected chi connectivity index (χ0v) is 16.8. The lowest BCUT2D eigenvalue weighted by Gasteiger charge is -2.31. The molecule has 1 N–H and O–H groups in total. The Bertz CT molecular complexity index is 862. The molecule has 1 amide bonds. The van der Waals surface area contributed by atoms with Gasteiger partial charge in [-0.2, -0.15) is 0 Å². The average molecular weight is 408 g/mol. The number of thiophene rings is 1. The van der Waals surface area contributed by atoms with Gasteiger partial charge in [-0.05, 0) is 49.4 Å². The van der Waals surface area contributed by atoms with Crippen molar-refractivity contribution in [1.29, 1.82) is 0 Å². The van der Waals surface area contributed by atoms with E-state index < -0.39 is 9.84 Å². The minimum Gasteiger partial charge on any atom is -0.364 e. The van der Waals surface area contributed by atoms with Gasteiger partial charge in [0.2, 0.25) is 5.91 Å². The van der Waals surface area contributed by atoms with Gasteiger partial charge < -0.3 is 9.88 Å². The van der Waals surface area contributed by atoms with Crippen molar-refractivity contribution < 1.29 is 13.2 Å². The highest BCUT2D eigenvalue weighted by Gasteiger charge is 2.36. The van der Waals surface area contributed by atoms with E-state index in [1.54, 1.807) is 16.2 Å². The van der Waals surface area contributed by atoms with E-state index in [0.29, 0.717) is 19.5 Å². The molecule has 0 aromatic carbocycles. The molecule has 2 fully saturated rings. The van der Waals surface area contributed by atoms with Crippen molar-refractivity contribution in [1.82, 2.24) is 14.8 Å². The Morgan fingerprint density at radius 3 is 2.85 bits per heavy atom. The topological polar surface area (TPSA) is 73.5 Å². The predicted molar refractivity (Wildman–Crippen MR) is 106 cm³/mol. The van der Waals surface area contributed by atoms with Crippen molar-refractivity contribution in [3.8, 4) is 0 Å². The first-order chi connectivity index (χ1) is 13.0. The molecule has 2 aromatic heterocycles.